The van der Waals surface area contributed by atoms with Gasteiger partial charge in [-0.25, -0.2) is 13.9 Å². The first kappa shape index (κ1) is 11.9. The first-order valence-electron chi connectivity index (χ1n) is 5.57. The summed E-state index contributed by atoms with van der Waals surface area (Å²) in [5.41, 5.74) is 0.719. The van der Waals surface area contributed by atoms with Gasteiger partial charge in [0.05, 0.1) is 0 Å². The molecule has 0 atom stereocenters. The molecule has 0 saturated heterocycles. The topological polar surface area (TPSA) is 55.1 Å². The number of aromatic nitrogens is 4. The quantitative estimate of drug-likeness (QED) is 0.799. The molecule has 0 fully saturated rings. The fraction of sp³-hybridized carbons (Fsp3) is 0.0833. The van der Waals surface area contributed by atoms with E-state index in [9.17, 15) is 4.39 Å². The van der Waals surface area contributed by atoms with Crippen LogP contribution >= 0.6 is 11.6 Å². The fourth-order valence-electron chi connectivity index (χ4n) is 1.70. The summed E-state index contributed by atoms with van der Waals surface area (Å²) in [4.78, 5) is 8.23. The van der Waals surface area contributed by atoms with Crippen molar-refractivity contribution in [3.63, 3.8) is 0 Å². The molecular weight excluding hydrogens is 269 g/mol. The van der Waals surface area contributed by atoms with E-state index in [1.165, 1.54) is 12.1 Å². The molecule has 0 aliphatic heterocycles. The predicted octanol–water partition coefficient (Wildman–Crippen LogP) is 2.53. The summed E-state index contributed by atoms with van der Waals surface area (Å²) in [7, 11) is 0. The number of fused-ring (bicyclic) bond motifs is 1. The Morgan fingerprint density at radius 2 is 2.21 bits per heavy atom. The summed E-state index contributed by atoms with van der Waals surface area (Å²) in [5, 5.41) is 7.54. The zero-order valence-corrected chi connectivity index (χ0v) is 10.5. The van der Waals surface area contributed by atoms with Crippen LogP contribution in [0.4, 0.5) is 10.3 Å². The summed E-state index contributed by atoms with van der Waals surface area (Å²) in [6.07, 6.45) is 3.39. The maximum Gasteiger partial charge on any atom is 0.253 e. The van der Waals surface area contributed by atoms with Crippen molar-refractivity contribution in [3.05, 3.63) is 53.1 Å². The van der Waals surface area contributed by atoms with E-state index in [0.29, 0.717) is 23.3 Å². The molecule has 0 amide bonds. The largest absolute Gasteiger partial charge is 0.349 e. The molecule has 0 aliphatic carbocycles. The molecule has 1 N–H and O–H groups in total. The minimum Gasteiger partial charge on any atom is -0.349 e. The van der Waals surface area contributed by atoms with E-state index < -0.39 is 0 Å². The van der Waals surface area contributed by atoms with Crippen LogP contribution in [0.5, 0.6) is 0 Å². The molecule has 0 saturated carbocycles. The molecule has 5 nitrogen and oxygen atoms in total. The Hall–Kier alpha value is -2.21. The Balaban J connectivity index is 1.78. The van der Waals surface area contributed by atoms with Crippen LogP contribution in [0.2, 0.25) is 5.02 Å². The maximum atomic E-state index is 13.2. The second-order valence-corrected chi connectivity index (χ2v) is 4.37. The molecule has 3 rings (SSSR count). The Kier molecular flexibility index (Phi) is 3.00. The van der Waals surface area contributed by atoms with Crippen molar-refractivity contribution in [2.45, 2.75) is 6.54 Å². The van der Waals surface area contributed by atoms with E-state index in [-0.39, 0.29) is 5.82 Å². The van der Waals surface area contributed by atoms with Gasteiger partial charge in [0.25, 0.3) is 5.78 Å². The highest BCUT2D eigenvalue weighted by Gasteiger charge is 2.04. The summed E-state index contributed by atoms with van der Waals surface area (Å²) in [6.45, 7) is 0.383. The summed E-state index contributed by atoms with van der Waals surface area (Å²) in [5.74, 6) is 0.565. The molecular formula is C12H9ClFN5. The number of nitrogens with zero attached hydrogens (tertiary/aromatic N) is 4. The number of halogens is 2. The van der Waals surface area contributed by atoms with Gasteiger partial charge in [0.2, 0.25) is 5.95 Å². The lowest BCUT2D eigenvalue weighted by Crippen LogP contribution is -2.01. The summed E-state index contributed by atoms with van der Waals surface area (Å²) < 4.78 is 14.7. The number of rotatable bonds is 3. The fourth-order valence-corrected chi connectivity index (χ4v) is 1.95. The van der Waals surface area contributed by atoms with Crippen LogP contribution in [-0.2, 0) is 6.54 Å². The SMILES string of the molecule is Fc1cc(Cl)cc(CNc2nc3ncccn3n2)c1. The van der Waals surface area contributed by atoms with Gasteiger partial charge in [-0.1, -0.05) is 11.6 Å². The minimum absolute atomic E-state index is 0.362. The van der Waals surface area contributed by atoms with E-state index in [2.05, 4.69) is 20.4 Å². The highest BCUT2D eigenvalue weighted by atomic mass is 35.5. The Bertz CT molecular complexity index is 674. The van der Waals surface area contributed by atoms with Crippen molar-refractivity contribution < 1.29 is 4.39 Å². The number of benzene rings is 1. The molecule has 0 radical (unpaired) electrons. The van der Waals surface area contributed by atoms with Crippen molar-refractivity contribution in [1.29, 1.82) is 0 Å². The van der Waals surface area contributed by atoms with Crippen LogP contribution in [0.25, 0.3) is 5.78 Å². The van der Waals surface area contributed by atoms with E-state index >= 15 is 0 Å². The Morgan fingerprint density at radius 1 is 1.32 bits per heavy atom. The first-order valence-corrected chi connectivity index (χ1v) is 5.95. The van der Waals surface area contributed by atoms with Crippen LogP contribution in [0.3, 0.4) is 0 Å². The van der Waals surface area contributed by atoms with Gasteiger partial charge < -0.3 is 5.32 Å². The average Bonchev–Trinajstić information content (AvgIpc) is 2.78. The van der Waals surface area contributed by atoms with Gasteiger partial charge in [0, 0.05) is 24.0 Å². The van der Waals surface area contributed by atoms with E-state index in [1.54, 1.807) is 29.0 Å². The maximum absolute atomic E-state index is 13.2. The number of nitrogens with one attached hydrogen (secondary N) is 1. The minimum atomic E-state index is -0.367. The van der Waals surface area contributed by atoms with Gasteiger partial charge in [0.15, 0.2) is 0 Å². The molecule has 0 aliphatic rings. The van der Waals surface area contributed by atoms with E-state index in [1.807, 2.05) is 0 Å². The first-order chi connectivity index (χ1) is 9.20. The van der Waals surface area contributed by atoms with Gasteiger partial charge in [-0.3, -0.25) is 0 Å². The normalized spacial score (nSPS) is 10.8. The number of hydrogen-bond donors (Lipinski definition) is 1. The van der Waals surface area contributed by atoms with Crippen molar-refractivity contribution in [1.82, 2.24) is 19.6 Å². The lowest BCUT2D eigenvalue weighted by molar-refractivity contribution is 0.626. The van der Waals surface area contributed by atoms with E-state index in [0.717, 1.165) is 5.56 Å². The Labute approximate surface area is 113 Å². The molecule has 0 spiro atoms. The van der Waals surface area contributed by atoms with E-state index in [4.69, 9.17) is 11.6 Å². The second kappa shape index (κ2) is 4.81. The smallest absolute Gasteiger partial charge is 0.253 e. The summed E-state index contributed by atoms with van der Waals surface area (Å²) >= 11 is 5.78. The van der Waals surface area contributed by atoms with Crippen LogP contribution in [0.1, 0.15) is 5.56 Å². The van der Waals surface area contributed by atoms with Crippen molar-refractivity contribution in [2.75, 3.05) is 5.32 Å². The van der Waals surface area contributed by atoms with Gasteiger partial charge in [-0.05, 0) is 29.8 Å². The van der Waals surface area contributed by atoms with Crippen molar-refractivity contribution >= 4 is 23.3 Å². The molecule has 1 aromatic carbocycles. The predicted molar refractivity (Wildman–Crippen MR) is 69.5 cm³/mol. The van der Waals surface area contributed by atoms with Crippen LogP contribution < -0.4 is 5.32 Å². The second-order valence-electron chi connectivity index (χ2n) is 3.93. The average molecular weight is 278 g/mol. The zero-order chi connectivity index (χ0) is 13.2. The van der Waals surface area contributed by atoms with Crippen molar-refractivity contribution in [3.8, 4) is 0 Å². The molecule has 0 bridgehead atoms. The third kappa shape index (κ3) is 2.63. The molecule has 2 heterocycles. The monoisotopic (exact) mass is 277 g/mol. The number of hydrogen-bond acceptors (Lipinski definition) is 4. The number of anilines is 1. The molecule has 2 aromatic heterocycles. The van der Waals surface area contributed by atoms with Crippen LogP contribution in [-0.4, -0.2) is 19.6 Å². The van der Waals surface area contributed by atoms with Crippen molar-refractivity contribution in [2.24, 2.45) is 0 Å². The summed E-state index contributed by atoms with van der Waals surface area (Å²) in [6, 6.07) is 6.12. The van der Waals surface area contributed by atoms with Crippen LogP contribution in [0, 0.1) is 5.82 Å². The zero-order valence-electron chi connectivity index (χ0n) is 9.72. The van der Waals surface area contributed by atoms with Gasteiger partial charge >= 0.3 is 0 Å². The molecule has 7 heteroatoms. The standard InChI is InChI=1S/C12H9ClFN5/c13-9-4-8(5-10(14)6-9)7-16-11-17-12-15-2-1-3-19(12)18-11/h1-6H,7H2,(H,16,18). The highest BCUT2D eigenvalue weighted by Crippen LogP contribution is 2.15. The third-order valence-corrected chi connectivity index (χ3v) is 2.71. The highest BCUT2D eigenvalue weighted by molar-refractivity contribution is 6.30. The Morgan fingerprint density at radius 3 is 3.00 bits per heavy atom. The molecule has 3 aromatic rings. The van der Waals surface area contributed by atoms with Crippen LogP contribution in [0.15, 0.2) is 36.7 Å². The lowest BCUT2D eigenvalue weighted by Gasteiger charge is -2.03. The molecule has 96 valence electrons. The molecule has 0 unspecified atom stereocenters. The van der Waals surface area contributed by atoms with Gasteiger partial charge in [-0.2, -0.15) is 4.98 Å². The third-order valence-electron chi connectivity index (χ3n) is 2.49. The lowest BCUT2D eigenvalue weighted by atomic mass is 10.2. The van der Waals surface area contributed by atoms with Gasteiger partial charge in [0.1, 0.15) is 5.82 Å². The molecule has 19 heavy (non-hydrogen) atoms. The van der Waals surface area contributed by atoms with Gasteiger partial charge in [-0.15, -0.1) is 5.10 Å².